The smallest absolute Gasteiger partial charge is 0.171 e. The number of halogens is 1. The molecule has 1 saturated heterocycles. The normalized spacial score (nSPS) is 16.9. The molecule has 2 aromatic rings. The Bertz CT molecular complexity index is 557. The van der Waals surface area contributed by atoms with Gasteiger partial charge < -0.3 is 10.2 Å². The van der Waals surface area contributed by atoms with E-state index in [0.717, 1.165) is 42.9 Å². The van der Waals surface area contributed by atoms with Crippen molar-refractivity contribution in [2.75, 3.05) is 31.7 Å². The van der Waals surface area contributed by atoms with Crippen LogP contribution in [0.3, 0.4) is 0 Å². The van der Waals surface area contributed by atoms with Crippen molar-refractivity contribution in [1.82, 2.24) is 15.2 Å². The molecule has 0 aliphatic carbocycles. The summed E-state index contributed by atoms with van der Waals surface area (Å²) < 4.78 is 5.31. The first-order valence-electron chi connectivity index (χ1n) is 5.85. The van der Waals surface area contributed by atoms with Gasteiger partial charge in [0.2, 0.25) is 0 Å². The molecular formula is C12H13ClN4O. The lowest BCUT2D eigenvalue weighted by atomic mass is 10.2. The summed E-state index contributed by atoms with van der Waals surface area (Å²) in [4.78, 5) is 0. The number of anilines is 1. The van der Waals surface area contributed by atoms with Crippen molar-refractivity contribution in [2.24, 2.45) is 0 Å². The molecule has 0 radical (unpaired) electrons. The fourth-order valence-corrected chi connectivity index (χ4v) is 2.18. The van der Waals surface area contributed by atoms with E-state index in [4.69, 9.17) is 16.3 Å². The number of morpholine rings is 1. The standard InChI is InChI=1S/C12H13ClN4O/c13-11-9-3-1-2-4-10(9)12(15-14-11)16-17-5-7-18-8-6-17/h1-4H,5-8H2,(H,15,16). The molecule has 1 aliphatic heterocycles. The molecule has 3 rings (SSSR count). The number of nitrogens with zero attached hydrogens (tertiary/aromatic N) is 3. The van der Waals surface area contributed by atoms with Gasteiger partial charge in [0.15, 0.2) is 11.0 Å². The first-order valence-corrected chi connectivity index (χ1v) is 6.22. The number of rotatable bonds is 2. The van der Waals surface area contributed by atoms with E-state index >= 15 is 0 Å². The van der Waals surface area contributed by atoms with Crippen LogP contribution in [0.2, 0.25) is 5.15 Å². The van der Waals surface area contributed by atoms with E-state index in [1.54, 1.807) is 0 Å². The van der Waals surface area contributed by atoms with E-state index in [1.807, 2.05) is 24.3 Å². The maximum atomic E-state index is 6.04. The second-order valence-corrected chi connectivity index (χ2v) is 4.45. The summed E-state index contributed by atoms with van der Waals surface area (Å²) in [5.41, 5.74) is 3.27. The number of hydrogen-bond acceptors (Lipinski definition) is 5. The number of benzene rings is 1. The maximum absolute atomic E-state index is 6.04. The van der Waals surface area contributed by atoms with E-state index in [1.165, 1.54) is 0 Å². The van der Waals surface area contributed by atoms with Gasteiger partial charge in [-0.3, -0.25) is 0 Å². The predicted octanol–water partition coefficient (Wildman–Crippen LogP) is 1.94. The molecule has 2 heterocycles. The summed E-state index contributed by atoms with van der Waals surface area (Å²) >= 11 is 6.04. The molecule has 94 valence electrons. The van der Waals surface area contributed by atoms with Gasteiger partial charge in [0, 0.05) is 23.9 Å². The van der Waals surface area contributed by atoms with E-state index in [-0.39, 0.29) is 0 Å². The van der Waals surface area contributed by atoms with Gasteiger partial charge >= 0.3 is 0 Å². The third-order valence-corrected chi connectivity index (χ3v) is 3.20. The lowest BCUT2D eigenvalue weighted by molar-refractivity contribution is 0.0495. The minimum atomic E-state index is 0.429. The van der Waals surface area contributed by atoms with Gasteiger partial charge in [0.25, 0.3) is 0 Å². The minimum absolute atomic E-state index is 0.429. The minimum Gasteiger partial charge on any atom is -0.379 e. The van der Waals surface area contributed by atoms with Gasteiger partial charge in [-0.25, -0.2) is 5.01 Å². The zero-order valence-corrected chi connectivity index (χ0v) is 10.5. The Kier molecular flexibility index (Phi) is 3.27. The molecule has 1 N–H and O–H groups in total. The molecule has 0 amide bonds. The average molecular weight is 265 g/mol. The van der Waals surface area contributed by atoms with Crippen LogP contribution >= 0.6 is 11.6 Å². The molecular weight excluding hydrogens is 252 g/mol. The number of nitrogens with one attached hydrogen (secondary N) is 1. The second kappa shape index (κ2) is 5.06. The van der Waals surface area contributed by atoms with Crippen LogP contribution < -0.4 is 5.43 Å². The SMILES string of the molecule is Clc1nnc(NN2CCOCC2)c2ccccc12. The Hall–Kier alpha value is -1.43. The Morgan fingerprint density at radius 1 is 1.11 bits per heavy atom. The third kappa shape index (κ3) is 2.25. The Labute approximate surface area is 110 Å². The van der Waals surface area contributed by atoms with Crippen molar-refractivity contribution in [1.29, 1.82) is 0 Å². The van der Waals surface area contributed by atoms with E-state index in [9.17, 15) is 0 Å². The number of hydrazine groups is 1. The molecule has 0 atom stereocenters. The summed E-state index contributed by atoms with van der Waals surface area (Å²) in [6, 6.07) is 7.83. The zero-order chi connectivity index (χ0) is 12.4. The Morgan fingerprint density at radius 2 is 1.83 bits per heavy atom. The van der Waals surface area contributed by atoms with Crippen LogP contribution in [0.1, 0.15) is 0 Å². The van der Waals surface area contributed by atoms with Gasteiger partial charge in [-0.15, -0.1) is 10.2 Å². The molecule has 0 unspecified atom stereocenters. The lowest BCUT2D eigenvalue weighted by Gasteiger charge is -2.27. The van der Waals surface area contributed by atoms with Gasteiger partial charge in [-0.1, -0.05) is 35.9 Å². The molecule has 0 spiro atoms. The highest BCUT2D eigenvalue weighted by Crippen LogP contribution is 2.25. The van der Waals surface area contributed by atoms with Gasteiger partial charge in [-0.05, 0) is 0 Å². The highest BCUT2D eigenvalue weighted by Gasteiger charge is 2.13. The van der Waals surface area contributed by atoms with Gasteiger partial charge in [-0.2, -0.15) is 0 Å². The average Bonchev–Trinajstić information content (AvgIpc) is 2.44. The molecule has 1 aromatic heterocycles. The first kappa shape index (κ1) is 11.6. The van der Waals surface area contributed by atoms with Crippen LogP contribution in [-0.4, -0.2) is 41.5 Å². The second-order valence-electron chi connectivity index (χ2n) is 4.10. The highest BCUT2D eigenvalue weighted by molar-refractivity contribution is 6.34. The van der Waals surface area contributed by atoms with Crippen molar-refractivity contribution < 1.29 is 4.74 Å². The predicted molar refractivity (Wildman–Crippen MR) is 70.6 cm³/mol. The molecule has 5 nitrogen and oxygen atoms in total. The summed E-state index contributed by atoms with van der Waals surface area (Å²) in [7, 11) is 0. The van der Waals surface area contributed by atoms with Crippen LogP contribution in [0.4, 0.5) is 5.82 Å². The van der Waals surface area contributed by atoms with Gasteiger partial charge in [0.05, 0.1) is 13.2 Å². The fraction of sp³-hybridized carbons (Fsp3) is 0.333. The Morgan fingerprint density at radius 3 is 2.61 bits per heavy atom. The summed E-state index contributed by atoms with van der Waals surface area (Å²) in [6.45, 7) is 3.12. The van der Waals surface area contributed by atoms with Crippen LogP contribution in [0.15, 0.2) is 24.3 Å². The molecule has 0 bridgehead atoms. The van der Waals surface area contributed by atoms with Crippen LogP contribution in [0.5, 0.6) is 0 Å². The lowest BCUT2D eigenvalue weighted by Crippen LogP contribution is -2.40. The van der Waals surface area contributed by atoms with Gasteiger partial charge in [0.1, 0.15) is 0 Å². The first-order chi connectivity index (χ1) is 8.84. The fourth-order valence-electron chi connectivity index (χ4n) is 1.98. The van der Waals surface area contributed by atoms with Crippen molar-refractivity contribution >= 4 is 28.2 Å². The van der Waals surface area contributed by atoms with Crippen molar-refractivity contribution in [2.45, 2.75) is 0 Å². The number of hydrogen-bond donors (Lipinski definition) is 1. The summed E-state index contributed by atoms with van der Waals surface area (Å²) in [5.74, 6) is 0.733. The third-order valence-electron chi connectivity index (χ3n) is 2.92. The summed E-state index contributed by atoms with van der Waals surface area (Å²) in [6.07, 6.45) is 0. The van der Waals surface area contributed by atoms with Crippen molar-refractivity contribution in [3.63, 3.8) is 0 Å². The molecule has 1 aliphatic rings. The molecule has 1 fully saturated rings. The topological polar surface area (TPSA) is 50.3 Å². The summed E-state index contributed by atoms with van der Waals surface area (Å²) in [5, 5.41) is 12.5. The monoisotopic (exact) mass is 264 g/mol. The maximum Gasteiger partial charge on any atom is 0.171 e. The van der Waals surface area contributed by atoms with E-state index in [0.29, 0.717) is 5.15 Å². The molecule has 18 heavy (non-hydrogen) atoms. The van der Waals surface area contributed by atoms with Crippen molar-refractivity contribution in [3.05, 3.63) is 29.4 Å². The van der Waals surface area contributed by atoms with Crippen LogP contribution in [-0.2, 0) is 4.74 Å². The van der Waals surface area contributed by atoms with E-state index in [2.05, 4.69) is 20.6 Å². The van der Waals surface area contributed by atoms with E-state index < -0.39 is 0 Å². The van der Waals surface area contributed by atoms with Crippen LogP contribution in [0.25, 0.3) is 10.8 Å². The molecule has 1 aromatic carbocycles. The largest absolute Gasteiger partial charge is 0.379 e. The number of aromatic nitrogens is 2. The van der Waals surface area contributed by atoms with Crippen LogP contribution in [0, 0.1) is 0 Å². The number of ether oxygens (including phenoxy) is 1. The molecule has 0 saturated carbocycles. The number of fused-ring (bicyclic) bond motifs is 1. The zero-order valence-electron chi connectivity index (χ0n) is 9.77. The Balaban J connectivity index is 1.94. The molecule has 6 heteroatoms. The highest BCUT2D eigenvalue weighted by atomic mass is 35.5. The quantitative estimate of drug-likeness (QED) is 0.898. The van der Waals surface area contributed by atoms with Crippen molar-refractivity contribution in [3.8, 4) is 0 Å².